The van der Waals surface area contributed by atoms with Gasteiger partial charge in [-0.2, -0.15) is 5.26 Å². The van der Waals surface area contributed by atoms with E-state index in [1.165, 1.54) is 6.07 Å². The molecule has 1 aromatic heterocycles. The Bertz CT molecular complexity index is 826. The van der Waals surface area contributed by atoms with E-state index in [4.69, 9.17) is 5.26 Å². The highest BCUT2D eigenvalue weighted by Crippen LogP contribution is 2.17. The maximum atomic E-state index is 13.3. The van der Waals surface area contributed by atoms with Crippen LogP contribution in [0.3, 0.4) is 0 Å². The Morgan fingerprint density at radius 1 is 1.43 bits per heavy atom. The zero-order valence-corrected chi connectivity index (χ0v) is 12.0. The molecule has 0 N–H and O–H groups in total. The van der Waals surface area contributed by atoms with Gasteiger partial charge < -0.3 is 4.57 Å². The van der Waals surface area contributed by atoms with Gasteiger partial charge in [-0.05, 0) is 39.7 Å². The highest BCUT2D eigenvalue weighted by molar-refractivity contribution is 9.10. The lowest BCUT2D eigenvalue weighted by molar-refractivity contribution is -0.385. The van der Waals surface area contributed by atoms with Gasteiger partial charge in [0, 0.05) is 6.07 Å². The lowest BCUT2D eigenvalue weighted by Crippen LogP contribution is -2.21. The fourth-order valence-corrected chi connectivity index (χ4v) is 2.25. The van der Waals surface area contributed by atoms with Gasteiger partial charge in [-0.1, -0.05) is 0 Å². The van der Waals surface area contributed by atoms with Gasteiger partial charge in [0.15, 0.2) is 0 Å². The van der Waals surface area contributed by atoms with E-state index < -0.39 is 16.3 Å². The van der Waals surface area contributed by atoms with Crippen LogP contribution in [0.4, 0.5) is 10.1 Å². The Hall–Kier alpha value is -2.53. The quantitative estimate of drug-likeness (QED) is 0.627. The van der Waals surface area contributed by atoms with Crippen molar-refractivity contribution in [1.29, 1.82) is 5.26 Å². The van der Waals surface area contributed by atoms with Crippen molar-refractivity contribution in [3.63, 3.8) is 0 Å². The molecule has 0 fully saturated rings. The van der Waals surface area contributed by atoms with Crippen molar-refractivity contribution < 1.29 is 9.31 Å². The van der Waals surface area contributed by atoms with E-state index in [0.29, 0.717) is 0 Å². The second kappa shape index (κ2) is 5.85. The van der Waals surface area contributed by atoms with Gasteiger partial charge in [0.05, 0.1) is 33.8 Å². The van der Waals surface area contributed by atoms with Crippen LogP contribution >= 0.6 is 15.9 Å². The first kappa shape index (κ1) is 14.9. The van der Waals surface area contributed by atoms with Crippen molar-refractivity contribution in [3.8, 4) is 6.07 Å². The molecule has 0 spiro atoms. The molecule has 106 valence electrons. The van der Waals surface area contributed by atoms with Crippen LogP contribution in [0.15, 0.2) is 39.7 Å². The summed E-state index contributed by atoms with van der Waals surface area (Å²) in [6.07, 6.45) is 1.05. The Morgan fingerprint density at radius 2 is 2.14 bits per heavy atom. The number of hydrogen-bond acceptors (Lipinski definition) is 4. The summed E-state index contributed by atoms with van der Waals surface area (Å²) in [7, 11) is 0. The molecule has 0 atom stereocenters. The Kier molecular flexibility index (Phi) is 4.14. The lowest BCUT2D eigenvalue weighted by atomic mass is 10.1. The predicted octanol–water partition coefficient (Wildman–Crippen LogP) is 2.58. The van der Waals surface area contributed by atoms with Crippen LogP contribution in [0.1, 0.15) is 11.1 Å². The highest BCUT2D eigenvalue weighted by Gasteiger charge is 2.14. The lowest BCUT2D eigenvalue weighted by Gasteiger charge is -2.08. The van der Waals surface area contributed by atoms with Gasteiger partial charge in [-0.25, -0.2) is 4.39 Å². The monoisotopic (exact) mass is 351 g/mol. The number of pyridine rings is 1. The van der Waals surface area contributed by atoms with Crippen LogP contribution in [0.25, 0.3) is 0 Å². The van der Waals surface area contributed by atoms with Crippen molar-refractivity contribution >= 4 is 21.6 Å². The molecule has 0 amide bonds. The van der Waals surface area contributed by atoms with Gasteiger partial charge in [-0.15, -0.1) is 0 Å². The van der Waals surface area contributed by atoms with E-state index in [9.17, 15) is 19.3 Å². The van der Waals surface area contributed by atoms with Crippen molar-refractivity contribution in [2.75, 3.05) is 0 Å². The molecule has 2 aromatic rings. The summed E-state index contributed by atoms with van der Waals surface area (Å²) in [6.45, 7) is -0.139. The average Bonchev–Trinajstić information content (AvgIpc) is 2.43. The summed E-state index contributed by atoms with van der Waals surface area (Å²) in [6, 6.07) is 6.53. The van der Waals surface area contributed by atoms with Crippen molar-refractivity contribution in [2.24, 2.45) is 0 Å². The van der Waals surface area contributed by atoms with Crippen LogP contribution in [0.5, 0.6) is 0 Å². The molecule has 1 aromatic carbocycles. The minimum atomic E-state index is -0.641. The molecule has 0 aliphatic rings. The number of nitriles is 1. The van der Waals surface area contributed by atoms with Crippen molar-refractivity contribution in [3.05, 3.63) is 72.3 Å². The number of aromatic nitrogens is 1. The third-order valence-corrected chi connectivity index (χ3v) is 3.34. The van der Waals surface area contributed by atoms with Gasteiger partial charge in [-0.3, -0.25) is 14.9 Å². The molecule has 0 aliphatic carbocycles. The first-order valence-electron chi connectivity index (χ1n) is 5.65. The SMILES string of the molecule is N#Cc1ccc(F)cc1Cn1cc([N+](=O)[O-])cc(Br)c1=O. The number of nitrogens with zero attached hydrogens (tertiary/aromatic N) is 3. The Balaban J connectivity index is 2.54. The zero-order valence-electron chi connectivity index (χ0n) is 10.4. The molecule has 6 nitrogen and oxygen atoms in total. The summed E-state index contributed by atoms with van der Waals surface area (Å²) in [5.74, 6) is -0.554. The summed E-state index contributed by atoms with van der Waals surface area (Å²) in [4.78, 5) is 22.1. The molecular formula is C13H7BrFN3O3. The molecule has 8 heteroatoms. The van der Waals surface area contributed by atoms with E-state index >= 15 is 0 Å². The second-order valence-electron chi connectivity index (χ2n) is 4.15. The van der Waals surface area contributed by atoms with E-state index in [0.717, 1.165) is 29.0 Å². The number of rotatable bonds is 3. The first-order valence-corrected chi connectivity index (χ1v) is 6.44. The smallest absolute Gasteiger partial charge is 0.286 e. The highest BCUT2D eigenvalue weighted by atomic mass is 79.9. The van der Waals surface area contributed by atoms with Crippen LogP contribution in [-0.4, -0.2) is 9.49 Å². The van der Waals surface area contributed by atoms with Crippen molar-refractivity contribution in [2.45, 2.75) is 6.54 Å². The zero-order chi connectivity index (χ0) is 15.6. The molecule has 0 aliphatic heterocycles. The van der Waals surface area contributed by atoms with Crippen LogP contribution < -0.4 is 5.56 Å². The van der Waals surface area contributed by atoms with Crippen LogP contribution in [0.2, 0.25) is 0 Å². The fraction of sp³-hybridized carbons (Fsp3) is 0.0769. The maximum Gasteiger partial charge on any atom is 0.286 e. The normalized spacial score (nSPS) is 10.1. The molecule has 0 unspecified atom stereocenters. The van der Waals surface area contributed by atoms with Crippen LogP contribution in [0, 0.1) is 27.3 Å². The first-order chi connectivity index (χ1) is 9.92. The molecule has 0 radical (unpaired) electrons. The Morgan fingerprint density at radius 3 is 2.76 bits per heavy atom. The number of benzene rings is 1. The second-order valence-corrected chi connectivity index (χ2v) is 5.00. The molecule has 1 heterocycles. The van der Waals surface area contributed by atoms with Crippen LogP contribution in [-0.2, 0) is 6.54 Å². The summed E-state index contributed by atoms with van der Waals surface area (Å²) < 4.78 is 14.3. The van der Waals surface area contributed by atoms with E-state index in [1.807, 2.05) is 6.07 Å². The minimum absolute atomic E-state index is 0.0200. The topological polar surface area (TPSA) is 88.9 Å². The molecular weight excluding hydrogens is 345 g/mol. The van der Waals surface area contributed by atoms with Gasteiger partial charge in [0.1, 0.15) is 5.82 Å². The molecule has 0 saturated carbocycles. The number of nitro groups is 1. The summed E-state index contributed by atoms with van der Waals surface area (Å²) >= 11 is 2.95. The van der Waals surface area contributed by atoms with Crippen molar-refractivity contribution in [1.82, 2.24) is 4.57 Å². The molecule has 2 rings (SSSR count). The molecule has 0 bridgehead atoms. The summed E-state index contributed by atoms with van der Waals surface area (Å²) in [5, 5.41) is 19.8. The summed E-state index contributed by atoms with van der Waals surface area (Å²) in [5.41, 5.74) is -0.317. The fourth-order valence-electron chi connectivity index (χ4n) is 1.79. The maximum absolute atomic E-state index is 13.3. The van der Waals surface area contributed by atoms with E-state index in [1.54, 1.807) is 0 Å². The Labute approximate surface area is 126 Å². The minimum Gasteiger partial charge on any atom is -0.303 e. The number of halogens is 2. The van der Waals surface area contributed by atoms with Gasteiger partial charge >= 0.3 is 0 Å². The standard InChI is InChI=1S/C13H7BrFN3O3/c14-12-4-11(18(20)21)7-17(13(12)19)6-9-3-10(15)2-1-8(9)5-16/h1-4,7H,6H2. The predicted molar refractivity (Wildman–Crippen MR) is 75.3 cm³/mol. The van der Waals surface area contributed by atoms with E-state index in [-0.39, 0.29) is 27.8 Å². The van der Waals surface area contributed by atoms with E-state index in [2.05, 4.69) is 15.9 Å². The third kappa shape index (κ3) is 3.14. The van der Waals surface area contributed by atoms with Gasteiger partial charge in [0.25, 0.3) is 11.2 Å². The number of hydrogen-bond donors (Lipinski definition) is 0. The molecule has 21 heavy (non-hydrogen) atoms. The third-order valence-electron chi connectivity index (χ3n) is 2.77. The molecule has 0 saturated heterocycles. The van der Waals surface area contributed by atoms with Gasteiger partial charge in [0.2, 0.25) is 0 Å². The average molecular weight is 352 g/mol. The largest absolute Gasteiger partial charge is 0.303 e.